The molecule has 2 aromatic rings. The van der Waals surface area contributed by atoms with Gasteiger partial charge in [-0.1, -0.05) is 24.6 Å². The molecule has 2 rings (SSSR count). The van der Waals surface area contributed by atoms with E-state index in [0.717, 1.165) is 35.5 Å². The van der Waals surface area contributed by atoms with Crippen LogP contribution in [0.5, 0.6) is 5.75 Å². The van der Waals surface area contributed by atoms with Crippen LogP contribution in [0.4, 0.5) is 0 Å². The van der Waals surface area contributed by atoms with E-state index in [-0.39, 0.29) is 6.04 Å². The zero-order valence-corrected chi connectivity index (χ0v) is 12.7. The molecule has 0 saturated carbocycles. The van der Waals surface area contributed by atoms with Gasteiger partial charge in [-0.15, -0.1) is 0 Å². The summed E-state index contributed by atoms with van der Waals surface area (Å²) >= 11 is 0. The van der Waals surface area contributed by atoms with Crippen LogP contribution >= 0.6 is 0 Å². The molecular weight excluding hydrogens is 250 g/mol. The fourth-order valence-electron chi connectivity index (χ4n) is 2.47. The van der Waals surface area contributed by atoms with Crippen LogP contribution in [0.25, 0.3) is 0 Å². The van der Waals surface area contributed by atoms with Crippen LogP contribution in [0.1, 0.15) is 35.5 Å². The Bertz CT molecular complexity index is 589. The van der Waals surface area contributed by atoms with Crippen molar-refractivity contribution >= 4 is 0 Å². The van der Waals surface area contributed by atoms with Gasteiger partial charge in [-0.05, 0) is 37.5 Å². The molecule has 0 aliphatic heterocycles. The minimum absolute atomic E-state index is 0.0801. The molecule has 0 aliphatic rings. The van der Waals surface area contributed by atoms with Gasteiger partial charge in [0.05, 0.1) is 24.5 Å². The highest BCUT2D eigenvalue weighted by Crippen LogP contribution is 2.25. The third-order valence-corrected chi connectivity index (χ3v) is 3.58. The summed E-state index contributed by atoms with van der Waals surface area (Å²) in [6, 6.07) is 8.19. The van der Waals surface area contributed by atoms with Gasteiger partial charge in [-0.2, -0.15) is 5.10 Å². The van der Waals surface area contributed by atoms with Gasteiger partial charge < -0.3 is 10.5 Å². The van der Waals surface area contributed by atoms with Crippen LogP contribution in [-0.4, -0.2) is 16.9 Å². The highest BCUT2D eigenvalue weighted by Gasteiger charge is 2.15. The highest BCUT2D eigenvalue weighted by atomic mass is 16.5. The molecule has 4 heteroatoms. The van der Waals surface area contributed by atoms with Crippen LogP contribution < -0.4 is 10.5 Å². The van der Waals surface area contributed by atoms with Crippen LogP contribution in [0.3, 0.4) is 0 Å². The molecule has 1 heterocycles. The quantitative estimate of drug-likeness (QED) is 0.911. The van der Waals surface area contributed by atoms with E-state index in [1.807, 2.05) is 23.9 Å². The highest BCUT2D eigenvalue weighted by molar-refractivity contribution is 5.38. The van der Waals surface area contributed by atoms with Gasteiger partial charge >= 0.3 is 0 Å². The second-order valence-electron chi connectivity index (χ2n) is 5.16. The Morgan fingerprint density at radius 3 is 2.70 bits per heavy atom. The number of methoxy groups -OCH3 is 1. The van der Waals surface area contributed by atoms with Crippen LogP contribution in [0, 0.1) is 6.92 Å². The monoisotopic (exact) mass is 273 g/mol. The second kappa shape index (κ2) is 6.09. The minimum atomic E-state index is -0.0801. The van der Waals surface area contributed by atoms with Crippen molar-refractivity contribution in [3.05, 3.63) is 46.8 Å². The summed E-state index contributed by atoms with van der Waals surface area (Å²) in [7, 11) is 3.64. The lowest BCUT2D eigenvalue weighted by Crippen LogP contribution is -2.17. The number of hydrogen-bond acceptors (Lipinski definition) is 3. The maximum Gasteiger partial charge on any atom is 0.122 e. The summed E-state index contributed by atoms with van der Waals surface area (Å²) in [5, 5.41) is 4.46. The topological polar surface area (TPSA) is 53.1 Å². The van der Waals surface area contributed by atoms with Gasteiger partial charge in [0.15, 0.2) is 0 Å². The number of benzene rings is 1. The van der Waals surface area contributed by atoms with Crippen LogP contribution in [0.2, 0.25) is 0 Å². The minimum Gasteiger partial charge on any atom is -0.496 e. The Morgan fingerprint density at radius 1 is 1.35 bits per heavy atom. The number of rotatable bonds is 5. The van der Waals surface area contributed by atoms with Crippen molar-refractivity contribution in [1.82, 2.24) is 9.78 Å². The molecule has 0 fully saturated rings. The van der Waals surface area contributed by atoms with E-state index in [1.54, 1.807) is 7.11 Å². The molecule has 2 N–H and O–H groups in total. The number of nitrogens with zero attached hydrogens (tertiary/aromatic N) is 2. The Labute approximate surface area is 120 Å². The molecule has 0 spiro atoms. The Hall–Kier alpha value is -1.81. The number of aromatic nitrogens is 2. The number of aryl methyl sites for hydroxylation is 3. The number of nitrogens with two attached hydrogens (primary N) is 1. The lowest BCUT2D eigenvalue weighted by atomic mass is 10.0. The third-order valence-electron chi connectivity index (χ3n) is 3.58. The molecule has 1 aromatic carbocycles. The Morgan fingerprint density at radius 2 is 2.10 bits per heavy atom. The van der Waals surface area contributed by atoms with Crippen molar-refractivity contribution < 1.29 is 4.74 Å². The number of hydrogen-bond donors (Lipinski definition) is 1. The number of ether oxygens (including phenoxy) is 1. The fourth-order valence-corrected chi connectivity index (χ4v) is 2.47. The van der Waals surface area contributed by atoms with Gasteiger partial charge in [0, 0.05) is 7.05 Å². The first-order valence-corrected chi connectivity index (χ1v) is 6.97. The van der Waals surface area contributed by atoms with E-state index < -0.39 is 0 Å². The molecule has 20 heavy (non-hydrogen) atoms. The summed E-state index contributed by atoms with van der Waals surface area (Å²) in [5.74, 6) is 0.893. The molecular formula is C16H23N3O. The van der Waals surface area contributed by atoms with Gasteiger partial charge in [0.2, 0.25) is 0 Å². The largest absolute Gasteiger partial charge is 0.496 e. The first-order valence-electron chi connectivity index (χ1n) is 6.97. The zero-order chi connectivity index (χ0) is 14.7. The summed E-state index contributed by atoms with van der Waals surface area (Å²) < 4.78 is 7.30. The van der Waals surface area contributed by atoms with E-state index in [0.29, 0.717) is 0 Å². The first-order chi connectivity index (χ1) is 9.55. The predicted molar refractivity (Wildman–Crippen MR) is 80.9 cm³/mol. The fraction of sp³-hybridized carbons (Fsp3) is 0.438. The molecule has 1 unspecified atom stereocenters. The summed E-state index contributed by atoms with van der Waals surface area (Å²) in [6.45, 7) is 4.18. The van der Waals surface area contributed by atoms with E-state index in [2.05, 4.69) is 31.1 Å². The second-order valence-corrected chi connectivity index (χ2v) is 5.16. The SMILES string of the molecule is CCc1cc(C(N)Cc2cc(C)ccc2OC)n(C)n1. The van der Waals surface area contributed by atoms with E-state index in [1.165, 1.54) is 5.56 Å². The van der Waals surface area contributed by atoms with E-state index in [9.17, 15) is 0 Å². The maximum absolute atomic E-state index is 6.35. The maximum atomic E-state index is 6.35. The van der Waals surface area contributed by atoms with Crippen molar-refractivity contribution in [1.29, 1.82) is 0 Å². The van der Waals surface area contributed by atoms with Gasteiger partial charge in [0.25, 0.3) is 0 Å². The molecule has 0 radical (unpaired) electrons. The van der Waals surface area contributed by atoms with Crippen molar-refractivity contribution in [2.45, 2.75) is 32.7 Å². The molecule has 0 saturated heterocycles. The molecule has 0 amide bonds. The van der Waals surface area contributed by atoms with Crippen molar-refractivity contribution in [2.24, 2.45) is 12.8 Å². The van der Waals surface area contributed by atoms with E-state index >= 15 is 0 Å². The van der Waals surface area contributed by atoms with Crippen molar-refractivity contribution in [2.75, 3.05) is 7.11 Å². The lowest BCUT2D eigenvalue weighted by Gasteiger charge is -2.15. The van der Waals surface area contributed by atoms with Gasteiger partial charge in [-0.25, -0.2) is 0 Å². The molecule has 1 atom stereocenters. The average Bonchev–Trinajstić information content (AvgIpc) is 2.80. The smallest absolute Gasteiger partial charge is 0.122 e. The Balaban J connectivity index is 2.24. The van der Waals surface area contributed by atoms with E-state index in [4.69, 9.17) is 10.5 Å². The normalized spacial score (nSPS) is 12.4. The average molecular weight is 273 g/mol. The standard InChI is InChI=1S/C16H23N3O/c1-5-13-10-15(19(3)18-13)14(17)9-12-8-11(2)6-7-16(12)20-4/h6-8,10,14H,5,9,17H2,1-4H3. The van der Waals surface area contributed by atoms with Crippen molar-refractivity contribution in [3.8, 4) is 5.75 Å². The van der Waals surface area contributed by atoms with Crippen molar-refractivity contribution in [3.63, 3.8) is 0 Å². The van der Waals surface area contributed by atoms with Gasteiger partial charge in [-0.3, -0.25) is 4.68 Å². The predicted octanol–water partition coefficient (Wildman–Crippen LogP) is 2.54. The molecule has 0 bridgehead atoms. The molecule has 4 nitrogen and oxygen atoms in total. The van der Waals surface area contributed by atoms with Crippen LogP contribution in [0.15, 0.2) is 24.3 Å². The molecule has 1 aromatic heterocycles. The first kappa shape index (κ1) is 14.6. The molecule has 0 aliphatic carbocycles. The summed E-state index contributed by atoms with van der Waals surface area (Å²) in [4.78, 5) is 0. The third kappa shape index (κ3) is 3.02. The van der Waals surface area contributed by atoms with Crippen LogP contribution in [-0.2, 0) is 19.9 Å². The summed E-state index contributed by atoms with van der Waals surface area (Å²) in [6.07, 6.45) is 1.67. The lowest BCUT2D eigenvalue weighted by molar-refractivity contribution is 0.407. The van der Waals surface area contributed by atoms with Gasteiger partial charge in [0.1, 0.15) is 5.75 Å². The Kier molecular flexibility index (Phi) is 4.45. The zero-order valence-electron chi connectivity index (χ0n) is 12.7. The summed E-state index contributed by atoms with van der Waals surface area (Å²) in [5.41, 5.74) is 10.8. The molecule has 108 valence electrons.